The average molecular weight is 395 g/mol. The van der Waals surface area contributed by atoms with E-state index in [1.165, 1.54) is 5.56 Å². The van der Waals surface area contributed by atoms with Crippen molar-refractivity contribution in [3.63, 3.8) is 0 Å². The Labute approximate surface area is 162 Å². The topological polar surface area (TPSA) is 32.3 Å². The third kappa shape index (κ3) is 4.08. The Morgan fingerprint density at radius 3 is 2.40 bits per heavy atom. The molecule has 1 heterocycles. The van der Waals surface area contributed by atoms with Crippen molar-refractivity contribution in [2.24, 2.45) is 0 Å². The molecule has 0 saturated carbocycles. The van der Waals surface area contributed by atoms with Crippen LogP contribution >= 0.6 is 35.0 Å². The summed E-state index contributed by atoms with van der Waals surface area (Å²) in [7, 11) is 0. The number of benzene rings is 2. The van der Waals surface area contributed by atoms with Gasteiger partial charge in [-0.15, -0.1) is 11.8 Å². The molecular weight excluding hydrogens is 375 g/mol. The number of nitrogens with zero attached hydrogens (tertiary/aromatic N) is 1. The van der Waals surface area contributed by atoms with Crippen molar-refractivity contribution in [1.29, 1.82) is 0 Å². The van der Waals surface area contributed by atoms with Crippen molar-refractivity contribution in [2.75, 3.05) is 17.6 Å². The first-order valence-electron chi connectivity index (χ1n) is 8.20. The Balaban J connectivity index is 1.78. The van der Waals surface area contributed by atoms with E-state index in [1.54, 1.807) is 30.0 Å². The number of carbonyl (C=O) groups excluding carboxylic acids is 1. The van der Waals surface area contributed by atoms with Gasteiger partial charge in [-0.05, 0) is 29.2 Å². The lowest BCUT2D eigenvalue weighted by Crippen LogP contribution is -2.34. The maximum atomic E-state index is 12.8. The van der Waals surface area contributed by atoms with Gasteiger partial charge in [0.2, 0.25) is 0 Å². The molecule has 2 aromatic carbocycles. The van der Waals surface area contributed by atoms with Gasteiger partial charge in [0.1, 0.15) is 5.37 Å². The Morgan fingerprint density at radius 1 is 1.16 bits per heavy atom. The molecule has 1 fully saturated rings. The molecule has 25 heavy (non-hydrogen) atoms. The van der Waals surface area contributed by atoms with Crippen molar-refractivity contribution >= 4 is 46.7 Å². The summed E-state index contributed by atoms with van der Waals surface area (Å²) in [6.45, 7) is 5.04. The van der Waals surface area contributed by atoms with Gasteiger partial charge >= 0.3 is 6.03 Å². The van der Waals surface area contributed by atoms with Crippen molar-refractivity contribution in [3.8, 4) is 0 Å². The summed E-state index contributed by atoms with van der Waals surface area (Å²) >= 11 is 14.1. The summed E-state index contributed by atoms with van der Waals surface area (Å²) < 4.78 is 0. The molecule has 3 rings (SSSR count). The van der Waals surface area contributed by atoms with Crippen molar-refractivity contribution < 1.29 is 4.79 Å². The fraction of sp³-hybridized carbons (Fsp3) is 0.316. The van der Waals surface area contributed by atoms with E-state index in [2.05, 4.69) is 43.4 Å². The van der Waals surface area contributed by atoms with Crippen molar-refractivity contribution in [1.82, 2.24) is 4.90 Å². The average Bonchev–Trinajstić information content (AvgIpc) is 3.08. The summed E-state index contributed by atoms with van der Waals surface area (Å²) in [6, 6.07) is 13.5. The van der Waals surface area contributed by atoms with Crippen LogP contribution in [0, 0.1) is 0 Å². The zero-order valence-electron chi connectivity index (χ0n) is 14.1. The summed E-state index contributed by atoms with van der Waals surface area (Å²) in [5, 5.41) is 3.73. The maximum absolute atomic E-state index is 12.8. The number of anilines is 1. The summed E-state index contributed by atoms with van der Waals surface area (Å²) in [6.07, 6.45) is 0. The van der Waals surface area contributed by atoms with Crippen LogP contribution < -0.4 is 5.32 Å². The predicted molar refractivity (Wildman–Crippen MR) is 108 cm³/mol. The van der Waals surface area contributed by atoms with Gasteiger partial charge in [0, 0.05) is 12.3 Å². The second-order valence-electron chi connectivity index (χ2n) is 6.26. The fourth-order valence-corrected chi connectivity index (χ4v) is 4.54. The van der Waals surface area contributed by atoms with E-state index in [0.717, 1.165) is 11.3 Å². The zero-order chi connectivity index (χ0) is 18.0. The van der Waals surface area contributed by atoms with Gasteiger partial charge in [-0.1, -0.05) is 67.4 Å². The molecule has 2 amide bonds. The number of nitrogens with one attached hydrogen (secondary N) is 1. The number of hydrogen-bond donors (Lipinski definition) is 1. The molecule has 1 aliphatic heterocycles. The third-order valence-electron chi connectivity index (χ3n) is 4.23. The van der Waals surface area contributed by atoms with E-state index in [9.17, 15) is 4.79 Å². The second kappa shape index (κ2) is 7.90. The van der Waals surface area contributed by atoms with E-state index in [1.807, 2.05) is 4.90 Å². The van der Waals surface area contributed by atoms with Gasteiger partial charge in [-0.2, -0.15) is 0 Å². The van der Waals surface area contributed by atoms with Crippen LogP contribution in [0.5, 0.6) is 0 Å². The van der Waals surface area contributed by atoms with Crippen molar-refractivity contribution in [2.45, 2.75) is 25.1 Å². The molecule has 0 bridgehead atoms. The molecule has 1 N–H and O–H groups in total. The number of carbonyl (C=O) groups is 1. The van der Waals surface area contributed by atoms with Gasteiger partial charge in [0.25, 0.3) is 0 Å². The number of halogens is 2. The molecule has 2 aromatic rings. The Morgan fingerprint density at radius 2 is 1.80 bits per heavy atom. The smallest absolute Gasteiger partial charge is 0.308 e. The van der Waals surface area contributed by atoms with Crippen LogP contribution in [0.2, 0.25) is 10.0 Å². The monoisotopic (exact) mass is 394 g/mol. The number of para-hydroxylation sites is 1. The number of amides is 2. The Kier molecular flexibility index (Phi) is 5.82. The molecule has 0 radical (unpaired) electrons. The molecular formula is C19H20Cl2N2OS. The van der Waals surface area contributed by atoms with Crippen LogP contribution in [-0.2, 0) is 0 Å². The predicted octanol–water partition coefficient (Wildman–Crippen LogP) is 6.40. The molecule has 6 heteroatoms. The maximum Gasteiger partial charge on any atom is 0.323 e. The molecule has 0 spiro atoms. The van der Waals surface area contributed by atoms with Crippen LogP contribution in [0.3, 0.4) is 0 Å². The highest BCUT2D eigenvalue weighted by Crippen LogP contribution is 2.39. The molecule has 0 aliphatic carbocycles. The van der Waals surface area contributed by atoms with Crippen molar-refractivity contribution in [3.05, 3.63) is 63.6 Å². The van der Waals surface area contributed by atoms with Gasteiger partial charge in [0.15, 0.2) is 0 Å². The fourth-order valence-electron chi connectivity index (χ4n) is 2.80. The summed E-state index contributed by atoms with van der Waals surface area (Å²) in [4.78, 5) is 14.6. The van der Waals surface area contributed by atoms with Crippen LogP contribution in [-0.4, -0.2) is 23.2 Å². The van der Waals surface area contributed by atoms with Crippen LogP contribution in [0.25, 0.3) is 0 Å². The van der Waals surface area contributed by atoms with Gasteiger partial charge in [-0.25, -0.2) is 4.79 Å². The van der Waals surface area contributed by atoms with Gasteiger partial charge in [0.05, 0.1) is 15.7 Å². The minimum atomic E-state index is -0.182. The largest absolute Gasteiger partial charge is 0.323 e. The lowest BCUT2D eigenvalue weighted by Gasteiger charge is -2.25. The molecule has 1 aliphatic rings. The minimum Gasteiger partial charge on any atom is -0.308 e. The van der Waals surface area contributed by atoms with E-state index >= 15 is 0 Å². The SMILES string of the molecule is CC(C)c1ccc(C2SCCN2C(=O)Nc2c(Cl)cccc2Cl)cc1. The molecule has 3 nitrogen and oxygen atoms in total. The Hall–Kier alpha value is -1.36. The van der Waals surface area contributed by atoms with Gasteiger partial charge in [-0.3, -0.25) is 0 Å². The second-order valence-corrected chi connectivity index (χ2v) is 8.27. The molecule has 1 unspecified atom stereocenters. The number of urea groups is 1. The molecule has 1 saturated heterocycles. The van der Waals surface area contributed by atoms with Crippen LogP contribution in [0.4, 0.5) is 10.5 Å². The minimum absolute atomic E-state index is 0.00229. The molecule has 0 aromatic heterocycles. The van der Waals surface area contributed by atoms with E-state index in [4.69, 9.17) is 23.2 Å². The standard InChI is InChI=1S/C19H20Cl2N2OS/c1-12(2)13-6-8-14(9-7-13)18-23(10-11-25-18)19(24)22-17-15(20)4-3-5-16(17)21/h3-9,12,18H,10-11H2,1-2H3,(H,22,24). The summed E-state index contributed by atoms with van der Waals surface area (Å²) in [5.74, 6) is 1.40. The zero-order valence-corrected chi connectivity index (χ0v) is 16.5. The molecule has 1 atom stereocenters. The first-order chi connectivity index (χ1) is 12.0. The lowest BCUT2D eigenvalue weighted by atomic mass is 10.0. The highest BCUT2D eigenvalue weighted by molar-refractivity contribution is 7.99. The highest BCUT2D eigenvalue weighted by atomic mass is 35.5. The number of rotatable bonds is 3. The van der Waals surface area contributed by atoms with Crippen LogP contribution in [0.1, 0.15) is 36.3 Å². The highest BCUT2D eigenvalue weighted by Gasteiger charge is 2.31. The number of thioether (sulfide) groups is 1. The van der Waals surface area contributed by atoms with E-state index < -0.39 is 0 Å². The Bertz CT molecular complexity index is 744. The first-order valence-corrected chi connectivity index (χ1v) is 10.0. The summed E-state index contributed by atoms with van der Waals surface area (Å²) in [5.41, 5.74) is 2.89. The molecule has 132 valence electrons. The normalized spacial score (nSPS) is 17.2. The quantitative estimate of drug-likeness (QED) is 0.653. The number of hydrogen-bond acceptors (Lipinski definition) is 2. The van der Waals surface area contributed by atoms with Crippen LogP contribution in [0.15, 0.2) is 42.5 Å². The van der Waals surface area contributed by atoms with E-state index in [-0.39, 0.29) is 11.4 Å². The van der Waals surface area contributed by atoms with Gasteiger partial charge < -0.3 is 10.2 Å². The van der Waals surface area contributed by atoms with E-state index in [0.29, 0.717) is 28.2 Å². The first kappa shape index (κ1) is 18.4. The third-order valence-corrected chi connectivity index (χ3v) is 6.13. The lowest BCUT2D eigenvalue weighted by molar-refractivity contribution is 0.214.